The molecule has 4 rings (SSSR count). The summed E-state index contributed by atoms with van der Waals surface area (Å²) < 4.78 is 28.7. The van der Waals surface area contributed by atoms with Gasteiger partial charge in [-0.05, 0) is 30.0 Å². The number of thioether (sulfide) groups is 1. The van der Waals surface area contributed by atoms with Crippen molar-refractivity contribution in [3.63, 3.8) is 0 Å². The number of sulfonamides is 1. The number of aromatic nitrogens is 2. The van der Waals surface area contributed by atoms with Gasteiger partial charge in [-0.25, -0.2) is 13.4 Å². The van der Waals surface area contributed by atoms with Gasteiger partial charge in [0.2, 0.25) is 10.0 Å². The zero-order chi connectivity index (χ0) is 22.6. The summed E-state index contributed by atoms with van der Waals surface area (Å²) >= 11 is 1.47. The SMILES string of the molecule is CSc1ncc(C(=O)N2CCN(S(=O)(=O)/C=C/c3ccccc3)CC2)n1-c1ccccc1. The van der Waals surface area contributed by atoms with Gasteiger partial charge in [-0.1, -0.05) is 60.3 Å². The minimum atomic E-state index is -3.55. The highest BCUT2D eigenvalue weighted by Crippen LogP contribution is 2.23. The lowest BCUT2D eigenvalue weighted by molar-refractivity contribution is 0.0690. The number of benzene rings is 2. The van der Waals surface area contributed by atoms with E-state index in [1.165, 1.54) is 21.5 Å². The van der Waals surface area contributed by atoms with Crippen LogP contribution >= 0.6 is 11.8 Å². The Kier molecular flexibility index (Phi) is 6.78. The Morgan fingerprint density at radius 3 is 2.22 bits per heavy atom. The molecule has 2 aromatic carbocycles. The van der Waals surface area contributed by atoms with Gasteiger partial charge in [-0.15, -0.1) is 0 Å². The van der Waals surface area contributed by atoms with Crippen molar-refractivity contribution in [3.05, 3.63) is 83.5 Å². The summed E-state index contributed by atoms with van der Waals surface area (Å²) in [4.78, 5) is 19.3. The number of rotatable bonds is 6. The van der Waals surface area contributed by atoms with Crippen molar-refractivity contribution in [1.29, 1.82) is 0 Å². The normalized spacial score (nSPS) is 15.3. The molecule has 9 heteroatoms. The van der Waals surface area contributed by atoms with Gasteiger partial charge in [-0.2, -0.15) is 4.31 Å². The molecule has 0 aliphatic carbocycles. The van der Waals surface area contributed by atoms with Crippen molar-refractivity contribution in [1.82, 2.24) is 18.8 Å². The van der Waals surface area contributed by atoms with Gasteiger partial charge in [-0.3, -0.25) is 9.36 Å². The zero-order valence-corrected chi connectivity index (χ0v) is 19.3. The third kappa shape index (κ3) is 4.79. The van der Waals surface area contributed by atoms with E-state index in [1.54, 1.807) is 17.2 Å². The quantitative estimate of drug-likeness (QED) is 0.519. The van der Waals surface area contributed by atoms with E-state index in [1.807, 2.05) is 71.5 Å². The second-order valence-electron chi connectivity index (χ2n) is 7.25. The molecule has 1 aromatic heterocycles. The molecule has 3 aromatic rings. The molecule has 0 radical (unpaired) electrons. The first-order valence-corrected chi connectivity index (χ1v) is 12.9. The van der Waals surface area contributed by atoms with Crippen LogP contribution < -0.4 is 0 Å². The molecule has 32 heavy (non-hydrogen) atoms. The fourth-order valence-electron chi connectivity index (χ4n) is 3.58. The summed E-state index contributed by atoms with van der Waals surface area (Å²) in [5.41, 5.74) is 2.16. The average molecular weight is 469 g/mol. The molecule has 1 aliphatic rings. The van der Waals surface area contributed by atoms with Crippen LogP contribution in [0, 0.1) is 0 Å². The summed E-state index contributed by atoms with van der Waals surface area (Å²) in [6.45, 7) is 1.15. The molecular weight excluding hydrogens is 444 g/mol. The summed E-state index contributed by atoms with van der Waals surface area (Å²) in [5.74, 6) is -0.154. The Morgan fingerprint density at radius 1 is 0.969 bits per heavy atom. The molecule has 0 atom stereocenters. The van der Waals surface area contributed by atoms with Crippen LogP contribution in [-0.4, -0.2) is 65.5 Å². The minimum absolute atomic E-state index is 0.154. The number of para-hydroxylation sites is 1. The number of amides is 1. The molecule has 0 N–H and O–H groups in total. The molecular formula is C23H24N4O3S2. The number of hydrogen-bond donors (Lipinski definition) is 0. The maximum atomic E-state index is 13.3. The minimum Gasteiger partial charge on any atom is -0.335 e. The van der Waals surface area contributed by atoms with Gasteiger partial charge in [0.25, 0.3) is 5.91 Å². The lowest BCUT2D eigenvalue weighted by Gasteiger charge is -2.33. The number of hydrogen-bond acceptors (Lipinski definition) is 5. The smallest absolute Gasteiger partial charge is 0.272 e. The maximum Gasteiger partial charge on any atom is 0.272 e. The predicted molar refractivity (Wildman–Crippen MR) is 127 cm³/mol. The summed E-state index contributed by atoms with van der Waals surface area (Å²) in [5, 5.41) is 1.96. The van der Waals surface area contributed by atoms with Gasteiger partial charge in [0.05, 0.1) is 6.20 Å². The first kappa shape index (κ1) is 22.3. The molecule has 2 heterocycles. The van der Waals surface area contributed by atoms with Crippen LogP contribution in [0.15, 0.2) is 77.4 Å². The van der Waals surface area contributed by atoms with E-state index in [0.29, 0.717) is 18.8 Å². The van der Waals surface area contributed by atoms with Crippen LogP contribution in [0.2, 0.25) is 0 Å². The predicted octanol–water partition coefficient (Wildman–Crippen LogP) is 3.35. The monoisotopic (exact) mass is 468 g/mol. The van der Waals surface area contributed by atoms with Crippen LogP contribution in [0.1, 0.15) is 16.1 Å². The average Bonchev–Trinajstić information content (AvgIpc) is 3.28. The lowest BCUT2D eigenvalue weighted by Crippen LogP contribution is -2.50. The van der Waals surface area contributed by atoms with Crippen molar-refractivity contribution in [2.24, 2.45) is 0 Å². The number of carbonyl (C=O) groups excluding carboxylic acids is 1. The Morgan fingerprint density at radius 2 is 1.59 bits per heavy atom. The Balaban J connectivity index is 1.47. The third-order valence-electron chi connectivity index (χ3n) is 5.26. The van der Waals surface area contributed by atoms with Crippen molar-refractivity contribution >= 4 is 33.8 Å². The fourth-order valence-corrected chi connectivity index (χ4v) is 5.30. The number of imidazole rings is 1. The van der Waals surface area contributed by atoms with E-state index in [2.05, 4.69) is 4.98 Å². The molecule has 1 saturated heterocycles. The van der Waals surface area contributed by atoms with Crippen molar-refractivity contribution in [3.8, 4) is 5.69 Å². The van der Waals surface area contributed by atoms with E-state index in [4.69, 9.17) is 0 Å². The van der Waals surface area contributed by atoms with Crippen LogP contribution in [0.4, 0.5) is 0 Å². The molecule has 1 amide bonds. The first-order valence-electron chi connectivity index (χ1n) is 10.2. The standard InChI is InChI=1S/C23H24N4O3S2/c1-31-23-24-18-21(27(23)20-10-6-3-7-11-20)22(28)25-13-15-26(16-14-25)32(29,30)17-12-19-8-4-2-5-9-19/h2-12,17-18H,13-16H2,1H3/b17-12+. The molecule has 0 spiro atoms. The Bertz CT molecular complexity index is 1200. The van der Waals surface area contributed by atoms with Crippen LogP contribution in [-0.2, 0) is 10.0 Å². The Labute approximate surface area is 192 Å². The van der Waals surface area contributed by atoms with E-state index < -0.39 is 10.0 Å². The summed E-state index contributed by atoms with van der Waals surface area (Å²) in [6.07, 6.45) is 5.10. The number of nitrogens with zero attached hydrogens (tertiary/aromatic N) is 4. The summed E-state index contributed by atoms with van der Waals surface area (Å²) in [6, 6.07) is 18.9. The molecule has 0 saturated carbocycles. The van der Waals surface area contributed by atoms with Gasteiger partial charge < -0.3 is 4.90 Å². The second kappa shape index (κ2) is 9.72. The van der Waals surface area contributed by atoms with Gasteiger partial charge in [0.15, 0.2) is 5.16 Å². The van der Waals surface area contributed by atoms with E-state index in [9.17, 15) is 13.2 Å². The highest BCUT2D eigenvalue weighted by molar-refractivity contribution is 7.98. The van der Waals surface area contributed by atoms with Crippen molar-refractivity contribution in [2.75, 3.05) is 32.4 Å². The molecule has 7 nitrogen and oxygen atoms in total. The molecule has 166 valence electrons. The maximum absolute atomic E-state index is 13.3. The zero-order valence-electron chi connectivity index (χ0n) is 17.7. The largest absolute Gasteiger partial charge is 0.335 e. The molecule has 0 bridgehead atoms. The van der Waals surface area contributed by atoms with Crippen LogP contribution in [0.5, 0.6) is 0 Å². The third-order valence-corrected chi connectivity index (χ3v) is 7.48. The highest BCUT2D eigenvalue weighted by atomic mass is 32.2. The molecule has 1 fully saturated rings. The summed E-state index contributed by atoms with van der Waals surface area (Å²) in [7, 11) is -3.55. The number of carbonyl (C=O) groups is 1. The first-order chi connectivity index (χ1) is 15.5. The van der Waals surface area contributed by atoms with Crippen LogP contribution in [0.25, 0.3) is 11.8 Å². The van der Waals surface area contributed by atoms with Gasteiger partial charge in [0, 0.05) is 37.3 Å². The van der Waals surface area contributed by atoms with Crippen LogP contribution in [0.3, 0.4) is 0 Å². The lowest BCUT2D eigenvalue weighted by atomic mass is 10.2. The van der Waals surface area contributed by atoms with E-state index >= 15 is 0 Å². The molecule has 0 unspecified atom stereocenters. The van der Waals surface area contributed by atoms with E-state index in [0.717, 1.165) is 16.4 Å². The van der Waals surface area contributed by atoms with Gasteiger partial charge >= 0.3 is 0 Å². The highest BCUT2D eigenvalue weighted by Gasteiger charge is 2.30. The van der Waals surface area contributed by atoms with Crippen molar-refractivity contribution < 1.29 is 13.2 Å². The van der Waals surface area contributed by atoms with Gasteiger partial charge in [0.1, 0.15) is 5.69 Å². The molecule has 1 aliphatic heterocycles. The van der Waals surface area contributed by atoms with E-state index in [-0.39, 0.29) is 19.0 Å². The van der Waals surface area contributed by atoms with Crippen molar-refractivity contribution in [2.45, 2.75) is 5.16 Å². The Hall–Kier alpha value is -2.88. The topological polar surface area (TPSA) is 75.5 Å². The number of piperazine rings is 1. The second-order valence-corrected chi connectivity index (χ2v) is 9.84. The fraction of sp³-hybridized carbons (Fsp3) is 0.217.